The molecule has 9 unspecified atom stereocenters. The van der Waals surface area contributed by atoms with E-state index in [1.807, 2.05) is 0 Å². The molecule has 0 saturated carbocycles. The Labute approximate surface area is 230 Å². The van der Waals surface area contributed by atoms with Crippen molar-refractivity contribution in [2.75, 3.05) is 6.61 Å². The zero-order valence-electron chi connectivity index (χ0n) is 21.3. The molecule has 0 bridgehead atoms. The average Bonchev–Trinajstić information content (AvgIpc) is 2.93. The highest BCUT2D eigenvalue weighted by molar-refractivity contribution is 5.89. The maximum absolute atomic E-state index is 12.7. The van der Waals surface area contributed by atoms with Gasteiger partial charge in [-0.3, -0.25) is 4.79 Å². The molecule has 0 aliphatic carbocycles. The first-order valence-corrected chi connectivity index (χ1v) is 12.4. The molecule has 41 heavy (non-hydrogen) atoms. The molecule has 9 atom stereocenters. The van der Waals surface area contributed by atoms with Gasteiger partial charge >= 0.3 is 0 Å². The summed E-state index contributed by atoms with van der Waals surface area (Å²) in [5.74, 6) is -3.20. The van der Waals surface area contributed by atoms with Crippen LogP contribution in [-0.4, -0.2) is 108 Å². The minimum Gasteiger partial charge on any atom is -0.504 e. The number of hydrogen-bond acceptors (Lipinski definition) is 15. The SMILES string of the molecule is CC1OC(OC2COC(Oc3cc4oc(-c5ccc(O)c(O)c5)cc(=O)c4c(O)c3O)C(O)C2O)C(O)C(O)C1O. The Bertz CT molecular complexity index is 1490. The average molecular weight is 580 g/mol. The summed E-state index contributed by atoms with van der Waals surface area (Å²) in [4.78, 5) is 12.7. The lowest BCUT2D eigenvalue weighted by molar-refractivity contribution is -0.333. The van der Waals surface area contributed by atoms with Crippen molar-refractivity contribution in [2.24, 2.45) is 0 Å². The van der Waals surface area contributed by atoms with Gasteiger partial charge in [-0.15, -0.1) is 0 Å². The fourth-order valence-electron chi connectivity index (χ4n) is 4.59. The van der Waals surface area contributed by atoms with Crippen molar-refractivity contribution >= 4 is 11.0 Å². The number of aliphatic hydroxyl groups excluding tert-OH is 5. The highest BCUT2D eigenvalue weighted by Crippen LogP contribution is 2.43. The molecule has 0 radical (unpaired) electrons. The monoisotopic (exact) mass is 580 g/mol. The van der Waals surface area contributed by atoms with Gasteiger partial charge in [-0.1, -0.05) is 0 Å². The number of phenols is 4. The maximum Gasteiger partial charge on any atom is 0.229 e. The third kappa shape index (κ3) is 5.25. The molecule has 0 spiro atoms. The van der Waals surface area contributed by atoms with E-state index in [0.29, 0.717) is 0 Å². The zero-order valence-corrected chi connectivity index (χ0v) is 21.3. The molecule has 2 saturated heterocycles. The predicted molar refractivity (Wildman–Crippen MR) is 134 cm³/mol. The van der Waals surface area contributed by atoms with E-state index < -0.39 is 101 Å². The summed E-state index contributed by atoms with van der Waals surface area (Å²) in [5, 5.41) is 91.2. The van der Waals surface area contributed by atoms with Crippen LogP contribution in [0.5, 0.6) is 28.7 Å². The van der Waals surface area contributed by atoms with Gasteiger partial charge in [0.25, 0.3) is 0 Å². The molecular formula is C26H28O15. The Hall–Kier alpha value is -3.67. The predicted octanol–water partition coefficient (Wildman–Crippen LogP) is -1.05. The van der Waals surface area contributed by atoms with E-state index in [-0.39, 0.29) is 16.9 Å². The molecule has 222 valence electrons. The Balaban J connectivity index is 1.36. The first-order valence-electron chi connectivity index (χ1n) is 12.4. The quantitative estimate of drug-likeness (QED) is 0.163. The van der Waals surface area contributed by atoms with E-state index in [0.717, 1.165) is 18.2 Å². The second kappa shape index (κ2) is 11.0. The molecule has 2 aliphatic rings. The van der Waals surface area contributed by atoms with Gasteiger partial charge in [-0.25, -0.2) is 0 Å². The highest BCUT2D eigenvalue weighted by Gasteiger charge is 2.47. The molecule has 2 aliphatic heterocycles. The number of ether oxygens (including phenoxy) is 4. The second-order valence-electron chi connectivity index (χ2n) is 9.78. The van der Waals surface area contributed by atoms with Crippen LogP contribution in [0.25, 0.3) is 22.3 Å². The van der Waals surface area contributed by atoms with Crippen LogP contribution in [0.2, 0.25) is 0 Å². The van der Waals surface area contributed by atoms with Crippen molar-refractivity contribution in [1.29, 1.82) is 0 Å². The van der Waals surface area contributed by atoms with Crippen LogP contribution in [0.3, 0.4) is 0 Å². The van der Waals surface area contributed by atoms with Crippen LogP contribution < -0.4 is 10.2 Å². The van der Waals surface area contributed by atoms with Gasteiger partial charge in [-0.2, -0.15) is 0 Å². The second-order valence-corrected chi connectivity index (χ2v) is 9.78. The fourth-order valence-corrected chi connectivity index (χ4v) is 4.59. The van der Waals surface area contributed by atoms with Crippen molar-refractivity contribution in [3.05, 3.63) is 40.6 Å². The highest BCUT2D eigenvalue weighted by atomic mass is 16.7. The molecule has 5 rings (SSSR count). The summed E-state index contributed by atoms with van der Waals surface area (Å²) >= 11 is 0. The molecular weight excluding hydrogens is 552 g/mol. The van der Waals surface area contributed by atoms with Crippen molar-refractivity contribution in [3.63, 3.8) is 0 Å². The smallest absolute Gasteiger partial charge is 0.229 e. The van der Waals surface area contributed by atoms with Crippen molar-refractivity contribution in [2.45, 2.75) is 62.2 Å². The summed E-state index contributed by atoms with van der Waals surface area (Å²) in [6, 6.07) is 5.73. The third-order valence-electron chi connectivity index (χ3n) is 6.99. The van der Waals surface area contributed by atoms with Crippen LogP contribution in [0.1, 0.15) is 6.92 Å². The summed E-state index contributed by atoms with van der Waals surface area (Å²) in [6.45, 7) is 1.01. The molecule has 3 heterocycles. The molecule has 2 fully saturated rings. The third-order valence-corrected chi connectivity index (χ3v) is 6.99. The fraction of sp³-hybridized carbons (Fsp3) is 0.423. The Morgan fingerprint density at radius 3 is 2.22 bits per heavy atom. The standard InChI is InChI=1S/C26H28O15/c1-8-18(30)22(34)24(36)26(38-8)41-16-7-37-25(23(35)20(16)32)40-15-6-14-17(21(33)19(15)31)12(29)5-13(39-14)9-2-3-10(27)11(28)4-9/h2-6,8,16,18,20,22-28,30-36H,7H2,1H3. The Morgan fingerprint density at radius 2 is 1.51 bits per heavy atom. The molecule has 15 nitrogen and oxygen atoms in total. The van der Waals surface area contributed by atoms with E-state index >= 15 is 0 Å². The largest absolute Gasteiger partial charge is 0.504 e. The van der Waals surface area contributed by atoms with Gasteiger partial charge in [0.1, 0.15) is 53.4 Å². The van der Waals surface area contributed by atoms with Crippen LogP contribution in [0.4, 0.5) is 0 Å². The van der Waals surface area contributed by atoms with Crippen LogP contribution in [0, 0.1) is 0 Å². The van der Waals surface area contributed by atoms with E-state index in [4.69, 9.17) is 23.4 Å². The lowest BCUT2D eigenvalue weighted by atomic mass is 9.99. The number of aliphatic hydroxyl groups is 5. The molecule has 1 aromatic heterocycles. The molecule has 9 N–H and O–H groups in total. The van der Waals surface area contributed by atoms with E-state index in [2.05, 4.69) is 0 Å². The van der Waals surface area contributed by atoms with Gasteiger partial charge in [0.05, 0.1) is 12.7 Å². The number of fused-ring (bicyclic) bond motifs is 1. The van der Waals surface area contributed by atoms with Crippen molar-refractivity contribution < 1.29 is 69.3 Å². The number of benzene rings is 2. The Kier molecular flexibility index (Phi) is 7.71. The normalized spacial score (nSPS) is 32.2. The molecule has 3 aromatic rings. The minimum atomic E-state index is -1.81. The van der Waals surface area contributed by atoms with Crippen molar-refractivity contribution in [1.82, 2.24) is 0 Å². The number of aromatic hydroxyl groups is 4. The summed E-state index contributed by atoms with van der Waals surface area (Å²) in [7, 11) is 0. The number of rotatable bonds is 5. The van der Waals surface area contributed by atoms with E-state index in [1.165, 1.54) is 19.1 Å². The van der Waals surface area contributed by atoms with Crippen molar-refractivity contribution in [3.8, 4) is 40.1 Å². The molecule has 0 amide bonds. The number of phenolic OH excluding ortho intramolecular Hbond substituents is 4. The minimum absolute atomic E-state index is 0.0581. The first kappa shape index (κ1) is 28.8. The first-order chi connectivity index (χ1) is 19.4. The zero-order chi connectivity index (χ0) is 29.7. The van der Waals surface area contributed by atoms with E-state index in [9.17, 15) is 50.8 Å². The number of hydrogen-bond donors (Lipinski definition) is 9. The van der Waals surface area contributed by atoms with Crippen LogP contribution >= 0.6 is 0 Å². The summed E-state index contributed by atoms with van der Waals surface area (Å²) in [5.41, 5.74) is -0.801. The van der Waals surface area contributed by atoms with Gasteiger partial charge in [-0.05, 0) is 25.1 Å². The lowest BCUT2D eigenvalue weighted by Gasteiger charge is -2.43. The van der Waals surface area contributed by atoms with Crippen LogP contribution in [0.15, 0.2) is 39.5 Å². The summed E-state index contributed by atoms with van der Waals surface area (Å²) in [6.07, 6.45) is -13.4. The van der Waals surface area contributed by atoms with Gasteiger partial charge in [0, 0.05) is 17.7 Å². The maximum atomic E-state index is 12.7. The molecule has 15 heteroatoms. The topological polar surface area (TPSA) is 249 Å². The Morgan fingerprint density at radius 1 is 0.805 bits per heavy atom. The summed E-state index contributed by atoms with van der Waals surface area (Å²) < 4.78 is 27.4. The van der Waals surface area contributed by atoms with E-state index in [1.54, 1.807) is 0 Å². The van der Waals surface area contributed by atoms with Gasteiger partial charge < -0.3 is 69.3 Å². The van der Waals surface area contributed by atoms with Crippen LogP contribution in [-0.2, 0) is 14.2 Å². The van der Waals surface area contributed by atoms with Gasteiger partial charge in [0.2, 0.25) is 12.0 Å². The van der Waals surface area contributed by atoms with Gasteiger partial charge in [0.15, 0.2) is 34.7 Å². The molecule has 2 aromatic carbocycles. The lowest BCUT2D eigenvalue weighted by Crippen LogP contribution is -2.61.